The highest BCUT2D eigenvalue weighted by molar-refractivity contribution is 7.11. The average Bonchev–Trinajstić information content (AvgIpc) is 3.17. The van der Waals surface area contributed by atoms with Crippen LogP contribution in [0.5, 0.6) is 5.19 Å². The Morgan fingerprint density at radius 1 is 1.48 bits per heavy atom. The first-order valence-corrected chi connectivity index (χ1v) is 8.59. The molecule has 0 radical (unpaired) electrons. The Hall–Kier alpha value is -1.25. The van der Waals surface area contributed by atoms with Crippen molar-refractivity contribution >= 4 is 28.0 Å². The van der Waals surface area contributed by atoms with Crippen molar-refractivity contribution in [2.75, 3.05) is 31.7 Å². The summed E-state index contributed by atoms with van der Waals surface area (Å²) in [7, 11) is 1.66. The van der Waals surface area contributed by atoms with Gasteiger partial charge in [-0.25, -0.2) is 9.97 Å². The van der Waals surface area contributed by atoms with E-state index in [4.69, 9.17) is 9.47 Å². The molecule has 0 spiro atoms. The van der Waals surface area contributed by atoms with Crippen LogP contribution in [0.25, 0.3) is 0 Å². The van der Waals surface area contributed by atoms with E-state index in [9.17, 15) is 0 Å². The van der Waals surface area contributed by atoms with Crippen LogP contribution >= 0.6 is 22.9 Å². The van der Waals surface area contributed by atoms with Gasteiger partial charge >= 0.3 is 0 Å². The third-order valence-corrected chi connectivity index (χ3v) is 4.87. The molecule has 1 atom stereocenters. The quantitative estimate of drug-likeness (QED) is 0.812. The molecule has 0 amide bonds. The Morgan fingerprint density at radius 3 is 3.24 bits per heavy atom. The van der Waals surface area contributed by atoms with Crippen LogP contribution in [0.1, 0.15) is 18.7 Å². The molecule has 114 valence electrons. The Bertz CT molecular complexity index is 546. The number of anilines is 1. The van der Waals surface area contributed by atoms with Crippen molar-refractivity contribution in [2.24, 2.45) is 5.92 Å². The van der Waals surface area contributed by atoms with E-state index in [1.807, 2.05) is 5.38 Å². The monoisotopic (exact) mass is 326 g/mol. The second-order valence-electron chi connectivity index (χ2n) is 4.99. The number of aromatic nitrogens is 3. The Labute approximate surface area is 131 Å². The van der Waals surface area contributed by atoms with Crippen molar-refractivity contribution in [3.05, 3.63) is 17.4 Å². The lowest BCUT2D eigenvalue weighted by Gasteiger charge is -2.31. The minimum Gasteiger partial charge on any atom is -0.470 e. The van der Waals surface area contributed by atoms with Crippen LogP contribution in [0.15, 0.2) is 11.6 Å². The van der Waals surface area contributed by atoms with Gasteiger partial charge in [0.1, 0.15) is 6.61 Å². The van der Waals surface area contributed by atoms with E-state index in [1.165, 1.54) is 29.3 Å². The summed E-state index contributed by atoms with van der Waals surface area (Å²) in [5.74, 6) is 1.27. The van der Waals surface area contributed by atoms with Crippen molar-refractivity contribution in [1.29, 1.82) is 0 Å². The number of piperidine rings is 1. The molecule has 2 aromatic heterocycles. The van der Waals surface area contributed by atoms with Crippen LogP contribution in [-0.2, 0) is 11.3 Å². The summed E-state index contributed by atoms with van der Waals surface area (Å²) >= 11 is 2.98. The molecular weight excluding hydrogens is 308 g/mol. The molecule has 1 saturated heterocycles. The number of ether oxygens (including phenoxy) is 2. The van der Waals surface area contributed by atoms with Gasteiger partial charge in [0.25, 0.3) is 5.19 Å². The second kappa shape index (κ2) is 7.15. The predicted molar refractivity (Wildman–Crippen MR) is 83.2 cm³/mol. The van der Waals surface area contributed by atoms with Crippen LogP contribution in [0.2, 0.25) is 0 Å². The Morgan fingerprint density at radius 2 is 2.43 bits per heavy atom. The fraction of sp³-hybridized carbons (Fsp3) is 0.615. The topological polar surface area (TPSA) is 60.4 Å². The van der Waals surface area contributed by atoms with E-state index in [2.05, 4.69) is 19.2 Å². The number of hydrogen-bond donors (Lipinski definition) is 0. The molecule has 0 N–H and O–H groups in total. The number of nitrogens with zero attached hydrogens (tertiary/aromatic N) is 4. The van der Waals surface area contributed by atoms with E-state index < -0.39 is 0 Å². The van der Waals surface area contributed by atoms with E-state index in [1.54, 1.807) is 13.3 Å². The minimum atomic E-state index is 0.473. The Kier molecular flexibility index (Phi) is 5.00. The lowest BCUT2D eigenvalue weighted by Crippen LogP contribution is -2.37. The molecule has 1 aliphatic heterocycles. The number of hydrogen-bond acceptors (Lipinski definition) is 8. The van der Waals surface area contributed by atoms with Gasteiger partial charge in [-0.2, -0.15) is 4.37 Å². The van der Waals surface area contributed by atoms with Crippen molar-refractivity contribution in [2.45, 2.75) is 19.4 Å². The lowest BCUT2D eigenvalue weighted by atomic mass is 9.99. The van der Waals surface area contributed by atoms with Crippen molar-refractivity contribution in [1.82, 2.24) is 14.3 Å². The van der Waals surface area contributed by atoms with Crippen LogP contribution in [0, 0.1) is 5.92 Å². The van der Waals surface area contributed by atoms with Crippen molar-refractivity contribution < 1.29 is 9.47 Å². The van der Waals surface area contributed by atoms with Gasteiger partial charge in [-0.3, -0.25) is 0 Å². The molecule has 0 bridgehead atoms. The largest absolute Gasteiger partial charge is 0.470 e. The van der Waals surface area contributed by atoms with Gasteiger partial charge in [0.15, 0.2) is 5.82 Å². The standard InChI is InChI=1S/C13H18N4O2S2/c1-18-9-11-15-12(21-16-11)17-5-2-3-10(7-17)8-19-13-14-4-6-20-13/h4,6,10H,2-3,5,7-9H2,1H3. The zero-order chi connectivity index (χ0) is 14.5. The highest BCUT2D eigenvalue weighted by Crippen LogP contribution is 2.25. The summed E-state index contributed by atoms with van der Waals surface area (Å²) in [5, 5.41) is 3.67. The fourth-order valence-corrected chi connectivity index (χ4v) is 3.61. The first kappa shape index (κ1) is 14.7. The molecule has 6 nitrogen and oxygen atoms in total. The number of rotatable bonds is 6. The summed E-state index contributed by atoms with van der Waals surface area (Å²) in [6.07, 6.45) is 4.11. The molecule has 3 heterocycles. The molecule has 1 fully saturated rings. The molecule has 0 saturated carbocycles. The van der Waals surface area contributed by atoms with Gasteiger partial charge in [-0.05, 0) is 12.8 Å². The number of thiazole rings is 1. The number of methoxy groups -OCH3 is 1. The van der Waals surface area contributed by atoms with E-state index in [0.717, 1.165) is 35.7 Å². The van der Waals surface area contributed by atoms with E-state index >= 15 is 0 Å². The molecular formula is C13H18N4O2S2. The average molecular weight is 326 g/mol. The molecule has 1 unspecified atom stereocenters. The third kappa shape index (κ3) is 3.90. The van der Waals surface area contributed by atoms with Crippen LogP contribution < -0.4 is 9.64 Å². The summed E-state index contributed by atoms with van der Waals surface area (Å²) < 4.78 is 15.1. The highest BCUT2D eigenvalue weighted by atomic mass is 32.1. The normalized spacial score (nSPS) is 18.9. The SMILES string of the molecule is COCc1nsc(N2CCCC(COc3nccs3)C2)n1. The maximum Gasteiger partial charge on any atom is 0.273 e. The molecule has 0 aromatic carbocycles. The van der Waals surface area contributed by atoms with Gasteiger partial charge in [0, 0.05) is 49.2 Å². The lowest BCUT2D eigenvalue weighted by molar-refractivity contribution is 0.179. The van der Waals surface area contributed by atoms with Gasteiger partial charge in [0.2, 0.25) is 5.13 Å². The second-order valence-corrected chi connectivity index (χ2v) is 6.58. The maximum absolute atomic E-state index is 5.74. The maximum atomic E-state index is 5.74. The van der Waals surface area contributed by atoms with E-state index in [-0.39, 0.29) is 0 Å². The van der Waals surface area contributed by atoms with Gasteiger partial charge in [-0.1, -0.05) is 11.3 Å². The molecule has 1 aliphatic rings. The smallest absolute Gasteiger partial charge is 0.273 e. The fourth-order valence-electron chi connectivity index (χ4n) is 2.41. The predicted octanol–water partition coefficient (Wildman–Crippen LogP) is 2.44. The molecule has 8 heteroatoms. The first-order chi connectivity index (χ1) is 10.3. The molecule has 21 heavy (non-hydrogen) atoms. The van der Waals surface area contributed by atoms with Crippen LogP contribution in [0.3, 0.4) is 0 Å². The minimum absolute atomic E-state index is 0.473. The molecule has 2 aromatic rings. The zero-order valence-electron chi connectivity index (χ0n) is 11.9. The van der Waals surface area contributed by atoms with Gasteiger partial charge < -0.3 is 14.4 Å². The zero-order valence-corrected chi connectivity index (χ0v) is 13.5. The Balaban J connectivity index is 1.54. The van der Waals surface area contributed by atoms with Crippen LogP contribution in [-0.4, -0.2) is 41.1 Å². The summed E-state index contributed by atoms with van der Waals surface area (Å²) in [6, 6.07) is 0. The molecule has 3 rings (SSSR count). The van der Waals surface area contributed by atoms with Gasteiger partial charge in [-0.15, -0.1) is 0 Å². The van der Waals surface area contributed by atoms with Crippen molar-refractivity contribution in [3.63, 3.8) is 0 Å². The van der Waals surface area contributed by atoms with Crippen LogP contribution in [0.4, 0.5) is 5.13 Å². The summed E-state index contributed by atoms with van der Waals surface area (Å²) in [6.45, 7) is 3.19. The van der Waals surface area contributed by atoms with E-state index in [0.29, 0.717) is 19.1 Å². The summed E-state index contributed by atoms with van der Waals surface area (Å²) in [5.41, 5.74) is 0. The highest BCUT2D eigenvalue weighted by Gasteiger charge is 2.23. The molecule has 0 aliphatic carbocycles. The van der Waals surface area contributed by atoms with Gasteiger partial charge in [0.05, 0.1) is 6.61 Å². The summed E-state index contributed by atoms with van der Waals surface area (Å²) in [4.78, 5) is 11.0. The van der Waals surface area contributed by atoms with Crippen molar-refractivity contribution in [3.8, 4) is 5.19 Å². The first-order valence-electron chi connectivity index (χ1n) is 6.94. The third-order valence-electron chi connectivity index (χ3n) is 3.37.